The van der Waals surface area contributed by atoms with Gasteiger partial charge >= 0.3 is 17.1 Å². The Labute approximate surface area is 782 Å². The van der Waals surface area contributed by atoms with Gasteiger partial charge in [0.05, 0.1) is 80.4 Å². The van der Waals surface area contributed by atoms with Crippen molar-refractivity contribution in [3.8, 4) is 56.6 Å². The summed E-state index contributed by atoms with van der Waals surface area (Å²) >= 11 is 18.8. The number of hydrogen-bond acceptors (Lipinski definition) is 18. The van der Waals surface area contributed by atoms with Crippen LogP contribution in [0, 0.1) is 35.2 Å². The van der Waals surface area contributed by atoms with Crippen LogP contribution >= 0.6 is 34.8 Å². The second-order valence-corrected chi connectivity index (χ2v) is 39.6. The number of nitrogens with zero attached hydrogens (tertiary/aromatic N) is 10. The Balaban J connectivity index is 0.000000168. The molecule has 0 spiro atoms. The Morgan fingerprint density at radius 2 is 0.955 bits per heavy atom. The summed E-state index contributed by atoms with van der Waals surface area (Å²) in [5.74, 6) is 2.27. The van der Waals surface area contributed by atoms with E-state index in [2.05, 4.69) is 121 Å². The fourth-order valence-corrected chi connectivity index (χ4v) is 19.7. The van der Waals surface area contributed by atoms with E-state index < -0.39 is 50.4 Å². The highest BCUT2D eigenvalue weighted by atomic mass is 35.5. The highest BCUT2D eigenvalue weighted by molar-refractivity contribution is 7.91. The Morgan fingerprint density at radius 1 is 0.538 bits per heavy atom. The normalized spacial score (nSPS) is 17.4. The van der Waals surface area contributed by atoms with Gasteiger partial charge in [0.2, 0.25) is 0 Å². The van der Waals surface area contributed by atoms with Gasteiger partial charge in [-0.05, 0) is 214 Å². The zero-order valence-electron chi connectivity index (χ0n) is 75.9. The number of aryl methyl sites for hydroxylation is 3. The zero-order valence-corrected chi connectivity index (χ0v) is 79.0. The minimum Gasteiger partial charge on any atom is -0.492 e. The van der Waals surface area contributed by atoms with E-state index in [0.717, 1.165) is 149 Å². The molecule has 0 radical (unpaired) electrons. The number of piperidine rings is 1. The average molecular weight is 1880 g/mol. The molecular weight excluding hydrogens is 1760 g/mol. The van der Waals surface area contributed by atoms with Gasteiger partial charge in [0.15, 0.2) is 27.3 Å². The summed E-state index contributed by atoms with van der Waals surface area (Å²) in [6.45, 7) is 20.6. The van der Waals surface area contributed by atoms with Gasteiger partial charge in [0.1, 0.15) is 46.8 Å². The van der Waals surface area contributed by atoms with Crippen molar-refractivity contribution < 1.29 is 26.3 Å². The molecule has 0 aliphatic carbocycles. The number of halogens is 6. The molecule has 17 N–H and O–H groups in total. The number of benzene rings is 6. The summed E-state index contributed by atoms with van der Waals surface area (Å²) in [6.07, 6.45) is 19.2. The van der Waals surface area contributed by atoms with Crippen molar-refractivity contribution in [2.24, 2.45) is 67.1 Å². The highest BCUT2D eigenvalue weighted by Gasteiger charge is 2.34. The first-order valence-electron chi connectivity index (χ1n) is 45.4. The quantitative estimate of drug-likeness (QED) is 0.0103. The minimum atomic E-state index is -3.29. The molecule has 0 bridgehead atoms. The lowest BCUT2D eigenvalue weighted by atomic mass is 9.83. The highest BCUT2D eigenvalue weighted by Crippen LogP contribution is 2.39. The summed E-state index contributed by atoms with van der Waals surface area (Å²) in [6, 6.07) is 36.3. The molecule has 4 atom stereocenters. The number of H-pyrrole nitrogens is 3. The van der Waals surface area contributed by atoms with Gasteiger partial charge in [-0.25, -0.2) is 36.0 Å². The van der Waals surface area contributed by atoms with Crippen LogP contribution in [0.5, 0.6) is 5.75 Å². The third-order valence-corrected chi connectivity index (χ3v) is 26.9. The Morgan fingerprint density at radius 3 is 1.39 bits per heavy atom. The maximum atomic E-state index is 15.2. The van der Waals surface area contributed by atoms with Crippen LogP contribution in [0.15, 0.2) is 169 Å². The number of rotatable bonds is 33. The molecule has 15 rings (SSSR count). The summed E-state index contributed by atoms with van der Waals surface area (Å²) in [7, 11) is -3.29. The molecule has 0 saturated carbocycles. The number of sulfone groups is 1. The molecule has 34 heteroatoms. The molecule has 4 unspecified atom stereocenters. The molecule has 2 saturated heterocycles. The van der Waals surface area contributed by atoms with Crippen molar-refractivity contribution in [2.45, 2.75) is 175 Å². The molecule has 27 nitrogen and oxygen atoms in total. The van der Waals surface area contributed by atoms with Gasteiger partial charge in [-0.15, -0.1) is 0 Å². The number of nitrogens with one attached hydrogen (secondary N) is 5. The summed E-state index contributed by atoms with van der Waals surface area (Å²) in [5, 5.41) is 9.44. The van der Waals surface area contributed by atoms with Crippen molar-refractivity contribution in [3.63, 3.8) is 0 Å². The van der Waals surface area contributed by atoms with Gasteiger partial charge < -0.3 is 64.7 Å². The zero-order chi connectivity index (χ0) is 94.2. The maximum Gasteiger partial charge on any atom is 0.354 e. The lowest BCUT2D eigenvalue weighted by molar-refractivity contribution is 0.215. The lowest BCUT2D eigenvalue weighted by Gasteiger charge is -2.40. The van der Waals surface area contributed by atoms with Gasteiger partial charge in [0, 0.05) is 126 Å². The molecule has 0 amide bonds. The fourth-order valence-electron chi connectivity index (χ4n) is 17.2. The topological polar surface area (TPSA) is 416 Å². The lowest BCUT2D eigenvalue weighted by Crippen LogP contribution is -2.48. The molecule has 12 aromatic rings. The smallest absolute Gasteiger partial charge is 0.354 e. The van der Waals surface area contributed by atoms with Crippen LogP contribution in [0.25, 0.3) is 83.9 Å². The summed E-state index contributed by atoms with van der Waals surface area (Å²) < 4.78 is 81.3. The molecule has 6 aromatic carbocycles. The van der Waals surface area contributed by atoms with Crippen LogP contribution in [0.3, 0.4) is 0 Å². The molecule has 6 aromatic heterocycles. The largest absolute Gasteiger partial charge is 0.492 e. The molecule has 702 valence electrons. The van der Waals surface area contributed by atoms with E-state index in [1.54, 1.807) is 79.3 Å². The van der Waals surface area contributed by atoms with E-state index in [0.29, 0.717) is 152 Å². The van der Waals surface area contributed by atoms with E-state index in [1.165, 1.54) is 13.7 Å². The number of ether oxygens (including phenoxy) is 1. The number of aromatic amines is 3. The van der Waals surface area contributed by atoms with Crippen molar-refractivity contribution in [1.29, 1.82) is 0 Å². The van der Waals surface area contributed by atoms with E-state index in [9.17, 15) is 22.8 Å². The molecule has 2 fully saturated rings. The number of hydrogen-bond donors (Lipinski definition) is 11. The first-order chi connectivity index (χ1) is 63.2. The van der Waals surface area contributed by atoms with Gasteiger partial charge in [-0.2, -0.15) is 15.0 Å². The SMILES string of the molecule is CC(C)CCCc1cc(Cl)c(F)c(-c2cc3cn(-c4ccc(C5CCCC(C)(CCN=C(N)CN)N5)cc4)c(=O)nc3[nH]2)c1.CC(C)CCCc1cc(Cl)c(F)c(-c2cc3cn(-c4ccc(C5CS(=O)(=O)CC(CCN=C(N)CN)N5)cc4)c(=O)nc3[nH]2)c1.CC(C)CCCc1cc(Cl)c(F)c(-c2cc3cn(-c4ccc5c(c4)OCCN(CCCN=C(N)CN)C5)c(=O)nc3[nH]2)c1. The number of fused-ring (bicyclic) bond motifs is 4. The van der Waals surface area contributed by atoms with Crippen LogP contribution < -0.4 is 66.8 Å². The van der Waals surface area contributed by atoms with Crippen LogP contribution in [-0.4, -0.2) is 156 Å². The Kier molecular flexibility index (Phi) is 33.5. The predicted octanol–water partition coefficient (Wildman–Crippen LogP) is 15.8. The fraction of sp³-hybridized carbons (Fsp3) is 0.418. The van der Waals surface area contributed by atoms with Crippen molar-refractivity contribution in [1.82, 2.24) is 59.1 Å². The number of nitrogens with two attached hydrogens (primary N) is 6. The molecule has 3 aliphatic heterocycles. The van der Waals surface area contributed by atoms with Crippen molar-refractivity contribution in [2.75, 3.05) is 70.5 Å². The minimum absolute atomic E-state index is 0.0257. The Bertz CT molecular complexity index is 6470. The maximum absolute atomic E-state index is 15.2. The van der Waals surface area contributed by atoms with E-state index in [1.807, 2.05) is 48.5 Å². The predicted molar refractivity (Wildman–Crippen MR) is 527 cm³/mol. The monoisotopic (exact) mass is 1880 g/mol. The molecule has 9 heterocycles. The third-order valence-electron chi connectivity index (χ3n) is 24.3. The van der Waals surface area contributed by atoms with Gasteiger partial charge in [-0.3, -0.25) is 33.6 Å². The third kappa shape index (κ3) is 25.8. The van der Waals surface area contributed by atoms with E-state index in [4.69, 9.17) is 73.9 Å². The number of aliphatic imine (C=N–C) groups is 3. The van der Waals surface area contributed by atoms with Crippen LogP contribution in [0.2, 0.25) is 15.1 Å². The number of amidine groups is 3. The molecular formula is C98H121Cl3F3N21O6S. The van der Waals surface area contributed by atoms with E-state index in [-0.39, 0.29) is 63.8 Å². The summed E-state index contributed by atoms with van der Waals surface area (Å²) in [5.41, 5.74) is 43.7. The standard InChI is InChI=1S/C34H43ClFN7O.C32H39ClFN7O3S.C32H39ClFN7O2/c1-21(2)6-4-7-22-16-26(31(36)27(35)17-22)29-18-24-20-43(33(44)41-32(24)40-29)25-11-9-23(10-12-25)28-8-5-13-34(3,42-28)14-15-39-30(38)19-37;1-19(2)4-3-5-20-12-25(30(34)26(33)13-20)27-14-22-16-41(32(42)40-31(22)39-27)24-8-6-21(7-9-24)28-18-45(43,44)17-23(38-28)10-11-37-29(36)15-35;1-20(2)5-3-6-21-13-25(30(34)26(33)14-21)27-15-23-19-41(32(42)39-31(23)38-27)24-8-7-22-18-40(11-12-43-28(22)16-24)10-4-9-37-29(36)17-35/h9-12,16-18,20-21,28,42H,4-8,13-15,19,37H2,1-3H3,(H2,38,39)(H,40,41,44);6-9,12-14,16,19,23,28,38H,3-5,10-11,15,17-18,35H2,1-2H3,(H2,36,37)(H,39,40,42);7-8,13-16,19-20H,3-6,9-12,17-18,35H2,1-2H3,(H2,36,37)(H,38,39,42). The average Bonchev–Trinajstić information content (AvgIpc) is 1.64. The Hall–Kier alpha value is -10.8. The second-order valence-electron chi connectivity index (χ2n) is 36.2. The number of aromatic nitrogens is 9. The first-order valence-corrected chi connectivity index (χ1v) is 48.4. The first kappa shape index (κ1) is 98.7. The van der Waals surface area contributed by atoms with Gasteiger partial charge in [-0.1, -0.05) is 126 Å². The second kappa shape index (κ2) is 44.8. The van der Waals surface area contributed by atoms with Crippen LogP contribution in [0.4, 0.5) is 13.2 Å². The van der Waals surface area contributed by atoms with Crippen molar-refractivity contribution in [3.05, 3.63) is 237 Å². The molecule has 132 heavy (non-hydrogen) atoms. The molecule has 3 aliphatic rings. The summed E-state index contributed by atoms with van der Waals surface area (Å²) in [4.78, 5) is 76.4. The van der Waals surface area contributed by atoms with Crippen molar-refractivity contribution >= 4 is 95.2 Å². The van der Waals surface area contributed by atoms with Crippen LogP contribution in [-0.2, 0) is 35.6 Å². The van der Waals surface area contributed by atoms with Gasteiger partial charge in [0.25, 0.3) is 0 Å². The van der Waals surface area contributed by atoms with E-state index >= 15 is 13.2 Å². The van der Waals surface area contributed by atoms with Crippen LogP contribution in [0.1, 0.15) is 171 Å².